The molecule has 1 aromatic carbocycles. The molecule has 0 spiro atoms. The highest BCUT2D eigenvalue weighted by Gasteiger charge is 2.19. The minimum Gasteiger partial charge on any atom is -0.465 e. The zero-order valence-electron chi connectivity index (χ0n) is 16.1. The van der Waals surface area contributed by atoms with Crippen molar-refractivity contribution in [1.29, 1.82) is 0 Å². The molecule has 1 saturated carbocycles. The second kappa shape index (κ2) is 9.80. The van der Waals surface area contributed by atoms with Crippen LogP contribution >= 0.6 is 11.3 Å². The van der Waals surface area contributed by atoms with Gasteiger partial charge < -0.3 is 4.74 Å². The lowest BCUT2D eigenvalue weighted by atomic mass is 9.89. The maximum absolute atomic E-state index is 11.6. The number of rotatable bonds is 8. The minimum atomic E-state index is -0.337. The summed E-state index contributed by atoms with van der Waals surface area (Å²) in [6, 6.07) is 10.9. The number of thiophene rings is 1. The average molecular weight is 403 g/mol. The topological polar surface area (TPSA) is 72.7 Å². The van der Waals surface area contributed by atoms with Crippen LogP contribution < -0.4 is 0 Å². The summed E-state index contributed by atoms with van der Waals surface area (Å²) in [5.41, 5.74) is 1.66. The SMILES string of the molecule is COC(=O)c1ccc(CN(Cc2ccc([N+](=O)[O-])s2)CC2CCCCC2)cc1. The van der Waals surface area contributed by atoms with E-state index in [1.54, 1.807) is 18.2 Å². The fourth-order valence-corrected chi connectivity index (χ4v) is 4.67. The Morgan fingerprint density at radius 2 is 1.86 bits per heavy atom. The third-order valence-corrected chi connectivity index (χ3v) is 6.25. The Hall–Kier alpha value is -2.25. The second-order valence-electron chi connectivity index (χ2n) is 7.36. The van der Waals surface area contributed by atoms with Crippen molar-refractivity contribution in [2.75, 3.05) is 13.7 Å². The van der Waals surface area contributed by atoms with Crippen molar-refractivity contribution in [3.63, 3.8) is 0 Å². The van der Waals surface area contributed by atoms with Gasteiger partial charge in [-0.25, -0.2) is 4.79 Å². The smallest absolute Gasteiger partial charge is 0.337 e. The largest absolute Gasteiger partial charge is 0.465 e. The molecule has 0 saturated heterocycles. The van der Waals surface area contributed by atoms with E-state index in [1.807, 2.05) is 18.2 Å². The van der Waals surface area contributed by atoms with Crippen LogP contribution in [0.5, 0.6) is 0 Å². The summed E-state index contributed by atoms with van der Waals surface area (Å²) >= 11 is 1.25. The Morgan fingerprint density at radius 1 is 1.14 bits per heavy atom. The molecule has 7 heteroatoms. The van der Waals surface area contributed by atoms with Gasteiger partial charge in [-0.3, -0.25) is 15.0 Å². The van der Waals surface area contributed by atoms with Gasteiger partial charge in [-0.05, 0) is 42.5 Å². The first-order chi connectivity index (χ1) is 13.5. The molecule has 1 aliphatic rings. The summed E-state index contributed by atoms with van der Waals surface area (Å²) in [6.07, 6.45) is 6.40. The Morgan fingerprint density at radius 3 is 2.46 bits per heavy atom. The van der Waals surface area contributed by atoms with Crippen molar-refractivity contribution >= 4 is 22.3 Å². The molecule has 150 valence electrons. The molecule has 28 heavy (non-hydrogen) atoms. The fourth-order valence-electron chi connectivity index (χ4n) is 3.81. The zero-order valence-corrected chi connectivity index (χ0v) is 17.0. The van der Waals surface area contributed by atoms with Gasteiger partial charge in [0.15, 0.2) is 0 Å². The van der Waals surface area contributed by atoms with Crippen molar-refractivity contribution in [2.45, 2.75) is 45.2 Å². The van der Waals surface area contributed by atoms with Crippen LogP contribution in [0.15, 0.2) is 36.4 Å². The van der Waals surface area contributed by atoms with E-state index in [1.165, 1.54) is 50.6 Å². The molecule has 0 radical (unpaired) electrons. The number of methoxy groups -OCH3 is 1. The van der Waals surface area contributed by atoms with Gasteiger partial charge in [-0.15, -0.1) is 0 Å². The lowest BCUT2D eigenvalue weighted by Crippen LogP contribution is -2.29. The van der Waals surface area contributed by atoms with E-state index >= 15 is 0 Å². The van der Waals surface area contributed by atoms with Crippen LogP contribution in [0, 0.1) is 16.0 Å². The second-order valence-corrected chi connectivity index (χ2v) is 8.51. The molecule has 0 unspecified atom stereocenters. The van der Waals surface area contributed by atoms with E-state index in [0.717, 1.165) is 23.5 Å². The lowest BCUT2D eigenvalue weighted by molar-refractivity contribution is -0.380. The van der Waals surface area contributed by atoms with Crippen molar-refractivity contribution in [3.05, 3.63) is 62.5 Å². The summed E-state index contributed by atoms with van der Waals surface area (Å²) in [7, 11) is 1.38. The molecule has 1 aromatic heterocycles. The van der Waals surface area contributed by atoms with Crippen LogP contribution in [0.3, 0.4) is 0 Å². The number of esters is 1. The zero-order chi connectivity index (χ0) is 19.9. The molecule has 0 N–H and O–H groups in total. The van der Waals surface area contributed by atoms with Gasteiger partial charge in [-0.2, -0.15) is 0 Å². The molecule has 3 rings (SSSR count). The van der Waals surface area contributed by atoms with Crippen molar-refractivity contribution in [2.24, 2.45) is 5.92 Å². The molecule has 0 amide bonds. The number of hydrogen-bond acceptors (Lipinski definition) is 6. The molecule has 0 aliphatic heterocycles. The van der Waals surface area contributed by atoms with Crippen LogP contribution in [-0.2, 0) is 17.8 Å². The number of ether oxygens (including phenoxy) is 1. The average Bonchev–Trinajstić information content (AvgIpc) is 3.17. The molecule has 6 nitrogen and oxygen atoms in total. The van der Waals surface area contributed by atoms with E-state index in [4.69, 9.17) is 4.74 Å². The summed E-state index contributed by atoms with van der Waals surface area (Å²) in [5.74, 6) is 0.342. The highest BCUT2D eigenvalue weighted by molar-refractivity contribution is 7.15. The first-order valence-corrected chi connectivity index (χ1v) is 10.5. The Kier molecular flexibility index (Phi) is 7.17. The van der Waals surface area contributed by atoms with Crippen molar-refractivity contribution < 1.29 is 14.5 Å². The number of nitro groups is 1. The quantitative estimate of drug-likeness (QED) is 0.352. The summed E-state index contributed by atoms with van der Waals surface area (Å²) in [6.45, 7) is 2.45. The van der Waals surface area contributed by atoms with Crippen LogP contribution in [0.25, 0.3) is 0 Å². The van der Waals surface area contributed by atoms with E-state index in [0.29, 0.717) is 18.0 Å². The normalized spacial score (nSPS) is 14.9. The minimum absolute atomic E-state index is 0.190. The first kappa shape index (κ1) is 20.5. The monoisotopic (exact) mass is 402 g/mol. The third-order valence-electron chi connectivity index (χ3n) is 5.23. The molecule has 0 atom stereocenters. The molecule has 1 aliphatic carbocycles. The summed E-state index contributed by atoms with van der Waals surface area (Å²) in [5, 5.41) is 11.2. The van der Waals surface area contributed by atoms with Gasteiger partial charge in [-0.1, -0.05) is 42.7 Å². The van der Waals surface area contributed by atoms with Crippen LogP contribution in [0.2, 0.25) is 0 Å². The number of carbonyl (C=O) groups excluding carboxylic acids is 1. The van der Waals surface area contributed by atoms with Gasteiger partial charge in [0.2, 0.25) is 0 Å². The standard InChI is InChI=1S/C21H26N2O4S/c1-27-21(24)18-9-7-17(8-10-18)14-22(13-16-5-3-2-4-6-16)15-19-11-12-20(28-19)23(25)26/h7-12,16H,2-6,13-15H2,1H3. The van der Waals surface area contributed by atoms with Crippen LogP contribution in [-0.4, -0.2) is 29.4 Å². The lowest BCUT2D eigenvalue weighted by Gasteiger charge is -2.29. The molecule has 2 aromatic rings. The maximum atomic E-state index is 11.6. The van der Waals surface area contributed by atoms with Crippen molar-refractivity contribution in [3.8, 4) is 0 Å². The number of nitrogens with zero attached hydrogens (tertiary/aromatic N) is 2. The van der Waals surface area contributed by atoms with Gasteiger partial charge in [0.1, 0.15) is 0 Å². The molecular weight excluding hydrogens is 376 g/mol. The number of hydrogen-bond donors (Lipinski definition) is 0. The summed E-state index contributed by atoms with van der Waals surface area (Å²) in [4.78, 5) is 25.7. The van der Waals surface area contributed by atoms with Gasteiger partial charge >= 0.3 is 11.0 Å². The van der Waals surface area contributed by atoms with E-state index in [-0.39, 0.29) is 15.9 Å². The van der Waals surface area contributed by atoms with Gasteiger partial charge in [0.25, 0.3) is 0 Å². The Bertz CT molecular complexity index is 797. The molecule has 0 bridgehead atoms. The van der Waals surface area contributed by atoms with E-state index in [2.05, 4.69) is 4.90 Å². The predicted molar refractivity (Wildman–Crippen MR) is 109 cm³/mol. The molecule has 1 fully saturated rings. The van der Waals surface area contributed by atoms with E-state index < -0.39 is 0 Å². The number of benzene rings is 1. The van der Waals surface area contributed by atoms with Gasteiger partial charge in [0, 0.05) is 30.6 Å². The third kappa shape index (κ3) is 5.62. The summed E-state index contributed by atoms with van der Waals surface area (Å²) < 4.78 is 4.76. The highest BCUT2D eigenvalue weighted by atomic mass is 32.1. The fraction of sp³-hybridized carbons (Fsp3) is 0.476. The van der Waals surface area contributed by atoms with Crippen LogP contribution in [0.4, 0.5) is 5.00 Å². The molecule has 1 heterocycles. The number of carbonyl (C=O) groups is 1. The predicted octanol–water partition coefficient (Wildman–Crippen LogP) is 5.03. The maximum Gasteiger partial charge on any atom is 0.337 e. The Labute approximate surface area is 169 Å². The first-order valence-electron chi connectivity index (χ1n) is 9.68. The van der Waals surface area contributed by atoms with Crippen molar-refractivity contribution in [1.82, 2.24) is 4.90 Å². The Balaban J connectivity index is 1.70. The van der Waals surface area contributed by atoms with E-state index in [9.17, 15) is 14.9 Å². The molecular formula is C21H26N2O4S. The van der Waals surface area contributed by atoms with Crippen LogP contribution in [0.1, 0.15) is 52.9 Å². The van der Waals surface area contributed by atoms with Gasteiger partial charge in [0.05, 0.1) is 17.6 Å². The highest BCUT2D eigenvalue weighted by Crippen LogP contribution is 2.28.